The van der Waals surface area contributed by atoms with Gasteiger partial charge in [-0.15, -0.1) is 0 Å². The molecule has 0 unspecified atom stereocenters. The van der Waals surface area contributed by atoms with Crippen molar-refractivity contribution in [3.05, 3.63) is 34.9 Å². The van der Waals surface area contributed by atoms with Gasteiger partial charge in [-0.2, -0.15) is 11.2 Å². The third kappa shape index (κ3) is 4.36. The van der Waals surface area contributed by atoms with Gasteiger partial charge in [-0.05, 0) is 40.9 Å². The fourth-order valence-electron chi connectivity index (χ4n) is 3.41. The molecular formula is C17H27ClOSSi. The van der Waals surface area contributed by atoms with Gasteiger partial charge in [-0.1, -0.05) is 53.1 Å². The average molecular weight is 343 g/mol. The summed E-state index contributed by atoms with van der Waals surface area (Å²) in [5.74, 6) is 0.804. The number of Topliss-reactive ketones (excluding diaryl/α,β-unsaturated/α-hetero) is 1. The Bertz CT molecular complexity index is 446. The molecule has 1 aromatic rings. The maximum absolute atomic E-state index is 12.4. The average Bonchev–Trinajstić information content (AvgIpc) is 2.38. The van der Waals surface area contributed by atoms with E-state index in [0.29, 0.717) is 27.4 Å². The minimum atomic E-state index is -1.56. The number of benzene rings is 1. The first-order valence-electron chi connectivity index (χ1n) is 7.64. The summed E-state index contributed by atoms with van der Waals surface area (Å²) in [6.07, 6.45) is 0. The van der Waals surface area contributed by atoms with E-state index >= 15 is 0 Å². The van der Waals surface area contributed by atoms with Gasteiger partial charge in [0.25, 0.3) is 0 Å². The van der Waals surface area contributed by atoms with Crippen molar-refractivity contribution in [3.8, 4) is 0 Å². The molecule has 0 spiro atoms. The van der Waals surface area contributed by atoms with Gasteiger partial charge in [-0.3, -0.25) is 4.79 Å². The molecule has 118 valence electrons. The number of carbonyl (C=O) groups is 1. The predicted molar refractivity (Wildman–Crippen MR) is 99.3 cm³/mol. The minimum absolute atomic E-state index is 0.218. The zero-order valence-corrected chi connectivity index (χ0v) is 16.5. The molecule has 0 aliphatic rings. The van der Waals surface area contributed by atoms with Gasteiger partial charge >= 0.3 is 0 Å². The molecule has 0 saturated heterocycles. The number of hydrogen-bond donors (Lipinski definition) is 0. The number of ketones is 1. The van der Waals surface area contributed by atoms with Gasteiger partial charge in [0.15, 0.2) is 5.78 Å². The molecule has 0 atom stereocenters. The van der Waals surface area contributed by atoms with E-state index in [2.05, 4.69) is 41.5 Å². The lowest BCUT2D eigenvalue weighted by Crippen LogP contribution is -2.42. The fourth-order valence-corrected chi connectivity index (χ4v) is 13.2. The molecule has 0 aromatic heterocycles. The third-order valence-electron chi connectivity index (χ3n) is 4.33. The van der Waals surface area contributed by atoms with Gasteiger partial charge in [0.2, 0.25) is 0 Å². The second kappa shape index (κ2) is 7.84. The zero-order chi connectivity index (χ0) is 16.2. The van der Waals surface area contributed by atoms with Crippen LogP contribution in [0.25, 0.3) is 0 Å². The Kier molecular flexibility index (Phi) is 7.02. The van der Waals surface area contributed by atoms with E-state index in [9.17, 15) is 4.79 Å². The normalized spacial score (nSPS) is 12.5. The standard InChI is InChI=1S/C17H27ClOSSi/c1-12(2)21(13(3)4,14(5)6)20-11-17(19)15-7-9-16(18)10-8-15/h7-10,12-14H,11H2,1-6H3. The van der Waals surface area contributed by atoms with Crippen LogP contribution in [0, 0.1) is 0 Å². The Morgan fingerprint density at radius 1 is 1.00 bits per heavy atom. The largest absolute Gasteiger partial charge is 0.293 e. The van der Waals surface area contributed by atoms with Crippen molar-refractivity contribution in [2.75, 3.05) is 5.75 Å². The summed E-state index contributed by atoms with van der Waals surface area (Å²) >= 11 is 7.84. The summed E-state index contributed by atoms with van der Waals surface area (Å²) in [5, 5.41) is 0.675. The molecule has 0 N–H and O–H groups in total. The molecule has 0 saturated carbocycles. The molecule has 0 amide bonds. The molecule has 21 heavy (non-hydrogen) atoms. The first kappa shape index (κ1) is 18.8. The molecule has 0 aliphatic carbocycles. The predicted octanol–water partition coefficient (Wildman–Crippen LogP) is 6.43. The second-order valence-corrected chi connectivity index (χ2v) is 15.7. The minimum Gasteiger partial charge on any atom is -0.293 e. The number of halogens is 1. The van der Waals surface area contributed by atoms with Gasteiger partial charge in [0, 0.05) is 10.6 Å². The quantitative estimate of drug-likeness (QED) is 0.419. The SMILES string of the molecule is CC(C)[Si](SCC(=O)c1ccc(Cl)cc1)(C(C)C)C(C)C. The fraction of sp³-hybridized carbons (Fsp3) is 0.588. The number of rotatable bonds is 7. The lowest BCUT2D eigenvalue weighted by Gasteiger charge is -2.42. The first-order valence-corrected chi connectivity index (χ1v) is 12.0. The van der Waals surface area contributed by atoms with Crippen molar-refractivity contribution < 1.29 is 4.79 Å². The third-order valence-corrected chi connectivity index (χ3v) is 17.1. The molecule has 4 heteroatoms. The van der Waals surface area contributed by atoms with Crippen LogP contribution in [0.1, 0.15) is 51.9 Å². The van der Waals surface area contributed by atoms with Crippen LogP contribution >= 0.6 is 22.8 Å². The first-order chi connectivity index (χ1) is 9.71. The molecule has 0 heterocycles. The molecule has 1 aromatic carbocycles. The van der Waals surface area contributed by atoms with Crippen LogP contribution in [0.4, 0.5) is 0 Å². The van der Waals surface area contributed by atoms with E-state index in [-0.39, 0.29) is 5.78 Å². The smallest absolute Gasteiger partial charge is 0.172 e. The van der Waals surface area contributed by atoms with Gasteiger partial charge in [0.05, 0.1) is 5.75 Å². The van der Waals surface area contributed by atoms with Crippen molar-refractivity contribution in [1.82, 2.24) is 0 Å². The van der Waals surface area contributed by atoms with E-state index in [1.807, 2.05) is 23.3 Å². The van der Waals surface area contributed by atoms with Crippen molar-refractivity contribution in [3.63, 3.8) is 0 Å². The van der Waals surface area contributed by atoms with Crippen molar-refractivity contribution in [1.29, 1.82) is 0 Å². The summed E-state index contributed by atoms with van der Waals surface area (Å²) in [6, 6.07) is 7.23. The Labute approximate surface area is 139 Å². The van der Waals surface area contributed by atoms with E-state index in [4.69, 9.17) is 11.6 Å². The zero-order valence-electron chi connectivity index (χ0n) is 13.9. The highest BCUT2D eigenvalue weighted by Gasteiger charge is 2.43. The maximum Gasteiger partial charge on any atom is 0.172 e. The summed E-state index contributed by atoms with van der Waals surface area (Å²) in [5.41, 5.74) is 2.77. The Balaban J connectivity index is 2.86. The van der Waals surface area contributed by atoms with Gasteiger partial charge < -0.3 is 0 Å². The molecule has 0 radical (unpaired) electrons. The van der Waals surface area contributed by atoms with Crippen molar-refractivity contribution in [2.45, 2.75) is 58.2 Å². The van der Waals surface area contributed by atoms with E-state index in [1.54, 1.807) is 12.1 Å². The molecule has 1 rings (SSSR count). The lowest BCUT2D eigenvalue weighted by molar-refractivity contribution is 0.102. The lowest BCUT2D eigenvalue weighted by atomic mass is 10.1. The van der Waals surface area contributed by atoms with Crippen LogP contribution in [0.3, 0.4) is 0 Å². The van der Waals surface area contributed by atoms with Crippen molar-refractivity contribution >= 4 is 35.8 Å². The Morgan fingerprint density at radius 2 is 1.43 bits per heavy atom. The highest BCUT2D eigenvalue weighted by atomic mass is 35.5. The molecule has 0 aliphatic heterocycles. The van der Waals surface area contributed by atoms with Gasteiger partial charge in [0.1, 0.15) is 7.22 Å². The van der Waals surface area contributed by atoms with E-state index < -0.39 is 7.22 Å². The Morgan fingerprint density at radius 3 is 1.81 bits per heavy atom. The summed E-state index contributed by atoms with van der Waals surface area (Å²) in [4.78, 5) is 12.4. The summed E-state index contributed by atoms with van der Waals surface area (Å²) in [7, 11) is -1.56. The van der Waals surface area contributed by atoms with Gasteiger partial charge in [-0.25, -0.2) is 0 Å². The Hall–Kier alpha value is -0.253. The number of hydrogen-bond acceptors (Lipinski definition) is 2. The van der Waals surface area contributed by atoms with Crippen molar-refractivity contribution in [2.24, 2.45) is 0 Å². The highest BCUT2D eigenvalue weighted by Crippen LogP contribution is 2.49. The molecule has 0 fully saturated rings. The highest BCUT2D eigenvalue weighted by molar-refractivity contribution is 8.29. The molecular weight excluding hydrogens is 316 g/mol. The van der Waals surface area contributed by atoms with Crippen LogP contribution in [0.15, 0.2) is 24.3 Å². The number of carbonyl (C=O) groups excluding carboxylic acids is 1. The summed E-state index contributed by atoms with van der Waals surface area (Å²) < 4.78 is 0. The van der Waals surface area contributed by atoms with Crippen LogP contribution in [-0.4, -0.2) is 18.8 Å². The van der Waals surface area contributed by atoms with Crippen LogP contribution in [-0.2, 0) is 0 Å². The molecule has 0 bridgehead atoms. The monoisotopic (exact) mass is 342 g/mol. The summed E-state index contributed by atoms with van der Waals surface area (Å²) in [6.45, 7) is 14.0. The van der Waals surface area contributed by atoms with E-state index in [1.165, 1.54) is 0 Å². The maximum atomic E-state index is 12.4. The molecule has 1 nitrogen and oxygen atoms in total. The van der Waals surface area contributed by atoms with Crippen LogP contribution < -0.4 is 0 Å². The van der Waals surface area contributed by atoms with Crippen LogP contribution in [0.5, 0.6) is 0 Å². The topological polar surface area (TPSA) is 17.1 Å². The second-order valence-electron chi connectivity index (χ2n) is 6.54. The van der Waals surface area contributed by atoms with Crippen LogP contribution in [0.2, 0.25) is 21.6 Å². The van der Waals surface area contributed by atoms with E-state index in [0.717, 1.165) is 5.56 Å².